The first-order valence-electron chi connectivity index (χ1n) is 3.94. The number of carbonyl (C=O) groups excluding carboxylic acids is 1. The summed E-state index contributed by atoms with van der Waals surface area (Å²) in [6.07, 6.45) is 2.36. The Labute approximate surface area is 66.7 Å². The summed E-state index contributed by atoms with van der Waals surface area (Å²) in [5, 5.41) is 3.29. The van der Waals surface area contributed by atoms with Crippen molar-refractivity contribution in [1.82, 2.24) is 10.2 Å². The molecule has 1 atom stereocenters. The van der Waals surface area contributed by atoms with Crippen LogP contribution in [0.5, 0.6) is 0 Å². The summed E-state index contributed by atoms with van der Waals surface area (Å²) in [5.74, 6) is 0. The second-order valence-electron chi connectivity index (χ2n) is 3.01. The molecule has 0 aromatic heterocycles. The van der Waals surface area contributed by atoms with Gasteiger partial charge in [0.05, 0.1) is 0 Å². The highest BCUT2D eigenvalue weighted by Gasteiger charge is 2.16. The number of likely N-dealkylation sites (N-methyl/N-ethyl adjacent to an activating group) is 1. The van der Waals surface area contributed by atoms with E-state index in [4.69, 9.17) is 5.73 Å². The number of hydrogen-bond donors (Lipinski definition) is 2. The Morgan fingerprint density at radius 3 is 3.00 bits per heavy atom. The van der Waals surface area contributed by atoms with Crippen LogP contribution in [0.4, 0.5) is 4.79 Å². The van der Waals surface area contributed by atoms with E-state index in [1.807, 2.05) is 0 Å². The predicted molar refractivity (Wildman–Crippen MR) is 43.2 cm³/mol. The normalized spacial score (nSPS) is 23.5. The van der Waals surface area contributed by atoms with E-state index >= 15 is 0 Å². The highest BCUT2D eigenvalue weighted by atomic mass is 16.2. The molecule has 1 aliphatic heterocycles. The first kappa shape index (κ1) is 8.33. The molecular formula is C7H15N3O. The zero-order valence-electron chi connectivity index (χ0n) is 6.84. The third kappa shape index (κ3) is 2.38. The summed E-state index contributed by atoms with van der Waals surface area (Å²) in [6.45, 7) is 1.80. The molecule has 1 heterocycles. The number of urea groups is 1. The molecule has 0 spiro atoms. The number of nitrogens with zero attached hydrogens (tertiary/aromatic N) is 1. The number of primary amides is 1. The molecular weight excluding hydrogens is 142 g/mol. The van der Waals surface area contributed by atoms with Gasteiger partial charge in [0.25, 0.3) is 0 Å². The maximum Gasteiger partial charge on any atom is 0.314 e. The summed E-state index contributed by atoms with van der Waals surface area (Å²) in [7, 11) is 1.72. The quantitative estimate of drug-likeness (QED) is 0.580. The molecule has 0 saturated carbocycles. The number of rotatable bonds is 2. The molecule has 0 aliphatic carbocycles. The lowest BCUT2D eigenvalue weighted by Gasteiger charge is -2.18. The maximum absolute atomic E-state index is 10.6. The largest absolute Gasteiger partial charge is 0.351 e. The Hall–Kier alpha value is -0.770. The fraction of sp³-hybridized carbons (Fsp3) is 0.857. The van der Waals surface area contributed by atoms with Gasteiger partial charge in [-0.3, -0.25) is 0 Å². The van der Waals surface area contributed by atoms with Gasteiger partial charge in [0.1, 0.15) is 0 Å². The van der Waals surface area contributed by atoms with Crippen LogP contribution in [0.15, 0.2) is 0 Å². The molecule has 1 aliphatic rings. The third-order valence-corrected chi connectivity index (χ3v) is 2.03. The second-order valence-corrected chi connectivity index (χ2v) is 3.01. The van der Waals surface area contributed by atoms with Crippen LogP contribution >= 0.6 is 0 Å². The monoisotopic (exact) mass is 157 g/mol. The van der Waals surface area contributed by atoms with Gasteiger partial charge < -0.3 is 16.0 Å². The van der Waals surface area contributed by atoms with E-state index in [-0.39, 0.29) is 6.03 Å². The van der Waals surface area contributed by atoms with Gasteiger partial charge in [0, 0.05) is 19.6 Å². The summed E-state index contributed by atoms with van der Waals surface area (Å²) in [5.41, 5.74) is 5.07. The van der Waals surface area contributed by atoms with Crippen molar-refractivity contribution in [3.8, 4) is 0 Å². The fourth-order valence-electron chi connectivity index (χ4n) is 1.33. The van der Waals surface area contributed by atoms with Crippen LogP contribution in [0, 0.1) is 0 Å². The zero-order valence-corrected chi connectivity index (χ0v) is 6.84. The fourth-order valence-corrected chi connectivity index (χ4v) is 1.33. The SMILES string of the molecule is CN(CC1CCCN1)C(N)=O. The van der Waals surface area contributed by atoms with Crippen molar-refractivity contribution < 1.29 is 4.79 Å². The molecule has 11 heavy (non-hydrogen) atoms. The van der Waals surface area contributed by atoms with Crippen molar-refractivity contribution in [3.05, 3.63) is 0 Å². The lowest BCUT2D eigenvalue weighted by Crippen LogP contribution is -2.41. The van der Waals surface area contributed by atoms with Crippen molar-refractivity contribution >= 4 is 6.03 Å². The van der Waals surface area contributed by atoms with Gasteiger partial charge in [0.2, 0.25) is 0 Å². The molecule has 0 aromatic carbocycles. The van der Waals surface area contributed by atoms with Crippen LogP contribution in [0.1, 0.15) is 12.8 Å². The molecule has 1 rings (SSSR count). The first-order chi connectivity index (χ1) is 5.20. The lowest BCUT2D eigenvalue weighted by atomic mass is 10.2. The number of nitrogens with two attached hydrogens (primary N) is 1. The Morgan fingerprint density at radius 1 is 1.82 bits per heavy atom. The first-order valence-corrected chi connectivity index (χ1v) is 3.94. The minimum atomic E-state index is -0.348. The van der Waals surface area contributed by atoms with E-state index in [0.29, 0.717) is 6.04 Å². The van der Waals surface area contributed by atoms with Crippen LogP contribution in [0.2, 0.25) is 0 Å². The van der Waals surface area contributed by atoms with Gasteiger partial charge in [-0.05, 0) is 19.4 Å². The maximum atomic E-state index is 10.6. The molecule has 1 fully saturated rings. The van der Waals surface area contributed by atoms with Crippen molar-refractivity contribution in [2.45, 2.75) is 18.9 Å². The van der Waals surface area contributed by atoms with Crippen molar-refractivity contribution in [2.24, 2.45) is 5.73 Å². The molecule has 3 N–H and O–H groups in total. The molecule has 4 nitrogen and oxygen atoms in total. The van der Waals surface area contributed by atoms with Gasteiger partial charge in [-0.1, -0.05) is 0 Å². The van der Waals surface area contributed by atoms with Crippen LogP contribution in [-0.4, -0.2) is 37.1 Å². The Morgan fingerprint density at radius 2 is 2.55 bits per heavy atom. The summed E-state index contributed by atoms with van der Waals surface area (Å²) in [4.78, 5) is 12.2. The highest BCUT2D eigenvalue weighted by molar-refractivity contribution is 5.71. The standard InChI is InChI=1S/C7H15N3O/c1-10(7(8)11)5-6-3-2-4-9-6/h6,9H,2-5H2,1H3,(H2,8,11). The van der Waals surface area contributed by atoms with Crippen LogP contribution in [0.3, 0.4) is 0 Å². The van der Waals surface area contributed by atoms with E-state index in [2.05, 4.69) is 5.32 Å². The number of amides is 2. The smallest absolute Gasteiger partial charge is 0.314 e. The molecule has 64 valence electrons. The zero-order chi connectivity index (χ0) is 8.27. The number of carbonyl (C=O) groups is 1. The molecule has 4 heteroatoms. The molecule has 0 aromatic rings. The van der Waals surface area contributed by atoms with E-state index < -0.39 is 0 Å². The average Bonchev–Trinajstić information content (AvgIpc) is 2.39. The molecule has 0 bridgehead atoms. The van der Waals surface area contributed by atoms with E-state index in [1.165, 1.54) is 6.42 Å². The van der Waals surface area contributed by atoms with E-state index in [1.54, 1.807) is 11.9 Å². The summed E-state index contributed by atoms with van der Waals surface area (Å²) >= 11 is 0. The minimum absolute atomic E-state index is 0.348. The summed E-state index contributed by atoms with van der Waals surface area (Å²) < 4.78 is 0. The van der Waals surface area contributed by atoms with Gasteiger partial charge in [-0.15, -0.1) is 0 Å². The van der Waals surface area contributed by atoms with Crippen LogP contribution in [0.25, 0.3) is 0 Å². The summed E-state index contributed by atoms with van der Waals surface area (Å²) in [6, 6.07) is 0.103. The second kappa shape index (κ2) is 3.57. The van der Waals surface area contributed by atoms with Gasteiger partial charge >= 0.3 is 6.03 Å². The van der Waals surface area contributed by atoms with Crippen LogP contribution in [-0.2, 0) is 0 Å². The molecule has 2 amide bonds. The Bertz CT molecular complexity index is 143. The number of hydrogen-bond acceptors (Lipinski definition) is 2. The molecule has 1 saturated heterocycles. The average molecular weight is 157 g/mol. The third-order valence-electron chi connectivity index (χ3n) is 2.03. The topological polar surface area (TPSA) is 58.4 Å². The Kier molecular flexibility index (Phi) is 2.70. The highest BCUT2D eigenvalue weighted by Crippen LogP contribution is 2.05. The Balaban J connectivity index is 2.23. The minimum Gasteiger partial charge on any atom is -0.351 e. The predicted octanol–water partition coefficient (Wildman–Crippen LogP) is -0.251. The van der Waals surface area contributed by atoms with Gasteiger partial charge in [0.15, 0.2) is 0 Å². The van der Waals surface area contributed by atoms with Gasteiger partial charge in [-0.25, -0.2) is 4.79 Å². The van der Waals surface area contributed by atoms with Crippen molar-refractivity contribution in [1.29, 1.82) is 0 Å². The van der Waals surface area contributed by atoms with Crippen molar-refractivity contribution in [2.75, 3.05) is 20.1 Å². The van der Waals surface area contributed by atoms with E-state index in [0.717, 1.165) is 19.5 Å². The van der Waals surface area contributed by atoms with E-state index in [9.17, 15) is 4.79 Å². The molecule has 0 radical (unpaired) electrons. The lowest BCUT2D eigenvalue weighted by molar-refractivity contribution is 0.214. The van der Waals surface area contributed by atoms with Gasteiger partial charge in [-0.2, -0.15) is 0 Å². The van der Waals surface area contributed by atoms with Crippen LogP contribution < -0.4 is 11.1 Å². The van der Waals surface area contributed by atoms with Crippen molar-refractivity contribution in [3.63, 3.8) is 0 Å². The number of nitrogens with one attached hydrogen (secondary N) is 1. The molecule has 1 unspecified atom stereocenters.